The summed E-state index contributed by atoms with van der Waals surface area (Å²) < 4.78 is 4.82. The van der Waals surface area contributed by atoms with Gasteiger partial charge in [-0.15, -0.1) is 0 Å². The molecule has 1 unspecified atom stereocenters. The molecule has 0 aromatic carbocycles. The molecule has 0 saturated carbocycles. The van der Waals surface area contributed by atoms with Crippen molar-refractivity contribution in [2.75, 3.05) is 0 Å². The number of carbonyl (C=O) groups excluding carboxylic acids is 1. The zero-order chi connectivity index (χ0) is 9.68. The van der Waals surface area contributed by atoms with Gasteiger partial charge >= 0.3 is 0 Å². The van der Waals surface area contributed by atoms with Gasteiger partial charge in [0.05, 0.1) is 6.04 Å². The second-order valence-electron chi connectivity index (χ2n) is 2.59. The zero-order valence-electron chi connectivity index (χ0n) is 7.49. The highest BCUT2D eigenvalue weighted by Crippen LogP contribution is 2.13. The van der Waals surface area contributed by atoms with Crippen LogP contribution in [0.5, 0.6) is 0 Å². The normalized spacial score (nSPS) is 12.1. The van der Waals surface area contributed by atoms with Gasteiger partial charge in [-0.05, 0) is 12.5 Å². The number of aromatic nitrogens is 1. The summed E-state index contributed by atoms with van der Waals surface area (Å²) in [6.45, 7) is 5.33. The van der Waals surface area contributed by atoms with E-state index < -0.39 is 0 Å². The molecule has 4 heteroatoms. The van der Waals surface area contributed by atoms with Crippen LogP contribution in [0.15, 0.2) is 29.7 Å². The first-order valence-corrected chi connectivity index (χ1v) is 4.09. The Morgan fingerprint density at radius 2 is 2.69 bits per heavy atom. The lowest BCUT2D eigenvalue weighted by atomic mass is 10.2. The van der Waals surface area contributed by atoms with E-state index in [0.29, 0.717) is 0 Å². The van der Waals surface area contributed by atoms with Crippen LogP contribution in [0.1, 0.15) is 25.1 Å². The number of carbonyl (C=O) groups is 1. The molecule has 1 atom stereocenters. The van der Waals surface area contributed by atoms with Crippen molar-refractivity contribution in [3.05, 3.63) is 31.0 Å². The Balaban J connectivity index is 2.63. The molecule has 0 aliphatic carbocycles. The quantitative estimate of drug-likeness (QED) is 0.713. The lowest BCUT2D eigenvalue weighted by molar-refractivity contribution is -0.117. The predicted molar refractivity (Wildman–Crippen MR) is 47.9 cm³/mol. The molecule has 1 rings (SSSR count). The number of nitrogens with one attached hydrogen (secondary N) is 1. The van der Waals surface area contributed by atoms with Gasteiger partial charge in [0.2, 0.25) is 5.91 Å². The van der Waals surface area contributed by atoms with Crippen LogP contribution in [0, 0.1) is 0 Å². The van der Waals surface area contributed by atoms with Gasteiger partial charge in [0.25, 0.3) is 0 Å². The summed E-state index contributed by atoms with van der Waals surface area (Å²) in [7, 11) is 0. The van der Waals surface area contributed by atoms with E-state index >= 15 is 0 Å². The Labute approximate surface area is 76.7 Å². The van der Waals surface area contributed by atoms with Crippen LogP contribution >= 0.6 is 0 Å². The third kappa shape index (κ3) is 2.43. The SMILES string of the molecule is C=CC(=O)NC(CC)c1cocn1. The molecule has 1 aromatic rings. The maximum absolute atomic E-state index is 11.0. The van der Waals surface area contributed by atoms with E-state index in [-0.39, 0.29) is 11.9 Å². The van der Waals surface area contributed by atoms with Gasteiger partial charge < -0.3 is 9.73 Å². The van der Waals surface area contributed by atoms with Crippen molar-refractivity contribution in [3.63, 3.8) is 0 Å². The van der Waals surface area contributed by atoms with Crippen molar-refractivity contribution in [1.29, 1.82) is 0 Å². The van der Waals surface area contributed by atoms with Crippen LogP contribution in [-0.2, 0) is 4.79 Å². The van der Waals surface area contributed by atoms with Gasteiger partial charge in [-0.25, -0.2) is 4.98 Å². The van der Waals surface area contributed by atoms with Crippen LogP contribution in [0.3, 0.4) is 0 Å². The van der Waals surface area contributed by atoms with E-state index in [2.05, 4.69) is 16.9 Å². The lowest BCUT2D eigenvalue weighted by Gasteiger charge is -2.11. The third-order valence-electron chi connectivity index (χ3n) is 1.72. The number of hydrogen-bond donors (Lipinski definition) is 1. The molecule has 0 saturated heterocycles. The fourth-order valence-electron chi connectivity index (χ4n) is 1.01. The van der Waals surface area contributed by atoms with Crippen molar-refractivity contribution >= 4 is 5.91 Å². The van der Waals surface area contributed by atoms with Gasteiger partial charge in [0.1, 0.15) is 12.0 Å². The smallest absolute Gasteiger partial charge is 0.243 e. The number of oxazole rings is 1. The summed E-state index contributed by atoms with van der Waals surface area (Å²) in [4.78, 5) is 14.9. The van der Waals surface area contributed by atoms with Gasteiger partial charge in [-0.1, -0.05) is 13.5 Å². The van der Waals surface area contributed by atoms with E-state index in [1.54, 1.807) is 0 Å². The molecular formula is C9H12N2O2. The standard InChI is InChI=1S/C9H12N2O2/c1-3-7(11-9(12)4-2)8-5-13-6-10-8/h4-7H,2-3H2,1H3,(H,11,12). The Bertz CT molecular complexity index is 280. The molecule has 0 aliphatic heterocycles. The Morgan fingerprint density at radius 3 is 3.15 bits per heavy atom. The summed E-state index contributed by atoms with van der Waals surface area (Å²) in [6, 6.07) is -0.0933. The molecule has 0 bridgehead atoms. The van der Waals surface area contributed by atoms with Crippen LogP contribution in [0.4, 0.5) is 0 Å². The summed E-state index contributed by atoms with van der Waals surface area (Å²) >= 11 is 0. The summed E-state index contributed by atoms with van der Waals surface area (Å²) in [5.74, 6) is -0.199. The molecule has 1 heterocycles. The summed E-state index contributed by atoms with van der Waals surface area (Å²) in [5, 5.41) is 2.74. The maximum Gasteiger partial charge on any atom is 0.243 e. The second-order valence-corrected chi connectivity index (χ2v) is 2.59. The number of rotatable bonds is 4. The molecule has 1 N–H and O–H groups in total. The molecule has 0 aliphatic rings. The average molecular weight is 180 g/mol. The highest BCUT2D eigenvalue weighted by Gasteiger charge is 2.12. The molecule has 0 spiro atoms. The first-order valence-electron chi connectivity index (χ1n) is 4.09. The first-order chi connectivity index (χ1) is 6.27. The fraction of sp³-hybridized carbons (Fsp3) is 0.333. The predicted octanol–water partition coefficient (Wildman–Crippen LogP) is 1.43. The largest absolute Gasteiger partial charge is 0.451 e. The molecule has 1 amide bonds. The van der Waals surface area contributed by atoms with E-state index in [4.69, 9.17) is 4.42 Å². The topological polar surface area (TPSA) is 55.1 Å². The van der Waals surface area contributed by atoms with Crippen LogP contribution in [0.25, 0.3) is 0 Å². The van der Waals surface area contributed by atoms with Crippen molar-refractivity contribution in [2.45, 2.75) is 19.4 Å². The minimum absolute atomic E-state index is 0.0933. The average Bonchev–Trinajstić information content (AvgIpc) is 2.66. The second kappa shape index (κ2) is 4.45. The van der Waals surface area contributed by atoms with Crippen molar-refractivity contribution < 1.29 is 9.21 Å². The van der Waals surface area contributed by atoms with E-state index in [1.165, 1.54) is 18.7 Å². The molecule has 70 valence electrons. The monoisotopic (exact) mass is 180 g/mol. The minimum atomic E-state index is -0.199. The Hall–Kier alpha value is -1.58. The maximum atomic E-state index is 11.0. The van der Waals surface area contributed by atoms with Crippen LogP contribution < -0.4 is 5.32 Å². The summed E-state index contributed by atoms with van der Waals surface area (Å²) in [6.07, 6.45) is 4.88. The molecular weight excluding hydrogens is 168 g/mol. The number of hydrogen-bond acceptors (Lipinski definition) is 3. The third-order valence-corrected chi connectivity index (χ3v) is 1.72. The molecule has 4 nitrogen and oxygen atoms in total. The molecule has 0 fully saturated rings. The highest BCUT2D eigenvalue weighted by molar-refractivity contribution is 5.87. The highest BCUT2D eigenvalue weighted by atomic mass is 16.3. The van der Waals surface area contributed by atoms with Crippen molar-refractivity contribution in [1.82, 2.24) is 10.3 Å². The van der Waals surface area contributed by atoms with Crippen LogP contribution in [0.2, 0.25) is 0 Å². The summed E-state index contributed by atoms with van der Waals surface area (Å²) in [5.41, 5.74) is 0.734. The molecule has 0 radical (unpaired) electrons. The van der Waals surface area contributed by atoms with Crippen molar-refractivity contribution in [2.24, 2.45) is 0 Å². The van der Waals surface area contributed by atoms with E-state index in [1.807, 2.05) is 6.92 Å². The Morgan fingerprint density at radius 1 is 1.92 bits per heavy atom. The van der Waals surface area contributed by atoms with Crippen molar-refractivity contribution in [3.8, 4) is 0 Å². The van der Waals surface area contributed by atoms with E-state index in [9.17, 15) is 4.79 Å². The fourth-order valence-corrected chi connectivity index (χ4v) is 1.01. The van der Waals surface area contributed by atoms with Gasteiger partial charge in [-0.2, -0.15) is 0 Å². The zero-order valence-corrected chi connectivity index (χ0v) is 7.49. The van der Waals surface area contributed by atoms with Gasteiger partial charge in [-0.3, -0.25) is 4.79 Å². The minimum Gasteiger partial charge on any atom is -0.451 e. The Kier molecular flexibility index (Phi) is 3.25. The molecule has 13 heavy (non-hydrogen) atoms. The molecule has 1 aromatic heterocycles. The number of nitrogens with zero attached hydrogens (tertiary/aromatic N) is 1. The van der Waals surface area contributed by atoms with Crippen LogP contribution in [-0.4, -0.2) is 10.9 Å². The number of amides is 1. The van der Waals surface area contributed by atoms with Gasteiger partial charge in [0, 0.05) is 0 Å². The first kappa shape index (κ1) is 9.51. The lowest BCUT2D eigenvalue weighted by Crippen LogP contribution is -2.26. The van der Waals surface area contributed by atoms with Gasteiger partial charge in [0.15, 0.2) is 6.39 Å². The van der Waals surface area contributed by atoms with E-state index in [0.717, 1.165) is 12.1 Å².